The lowest BCUT2D eigenvalue weighted by atomic mass is 10.3. The minimum absolute atomic E-state index is 0.325. The van der Waals surface area contributed by atoms with Gasteiger partial charge in [0.05, 0.1) is 6.54 Å². The van der Waals surface area contributed by atoms with Crippen LogP contribution in [-0.4, -0.2) is 34.7 Å². The molecule has 1 unspecified atom stereocenters. The highest BCUT2D eigenvalue weighted by molar-refractivity contribution is 4.86. The lowest BCUT2D eigenvalue weighted by molar-refractivity contribution is 0.218. The maximum absolute atomic E-state index is 5.57. The third-order valence-electron chi connectivity index (χ3n) is 2.46. The first-order chi connectivity index (χ1) is 7.17. The van der Waals surface area contributed by atoms with Crippen molar-refractivity contribution in [1.29, 1.82) is 0 Å². The Bertz CT molecular complexity index is 287. The van der Waals surface area contributed by atoms with E-state index in [0.717, 1.165) is 18.7 Å². The van der Waals surface area contributed by atoms with Gasteiger partial charge in [0.15, 0.2) is 5.82 Å². The van der Waals surface area contributed by atoms with Crippen LogP contribution in [0.2, 0.25) is 0 Å². The zero-order valence-corrected chi connectivity index (χ0v) is 9.73. The number of rotatable bonds is 6. The molecule has 1 rings (SSSR count). The van der Waals surface area contributed by atoms with Crippen LogP contribution in [0.25, 0.3) is 0 Å². The number of aromatic nitrogens is 2. The summed E-state index contributed by atoms with van der Waals surface area (Å²) in [6.45, 7) is 5.46. The number of nitrogens with two attached hydrogens (primary N) is 1. The summed E-state index contributed by atoms with van der Waals surface area (Å²) in [4.78, 5) is 6.40. The van der Waals surface area contributed by atoms with Crippen molar-refractivity contribution in [3.63, 3.8) is 0 Å². The van der Waals surface area contributed by atoms with Gasteiger partial charge in [-0.3, -0.25) is 4.90 Å². The van der Waals surface area contributed by atoms with Gasteiger partial charge in [0.1, 0.15) is 0 Å². The SMILES string of the molecule is CCCc1noc(CN(C)C(C)CN)n1. The summed E-state index contributed by atoms with van der Waals surface area (Å²) in [5.41, 5.74) is 5.57. The van der Waals surface area contributed by atoms with E-state index in [4.69, 9.17) is 10.3 Å². The van der Waals surface area contributed by atoms with Gasteiger partial charge in [-0.05, 0) is 20.4 Å². The first kappa shape index (κ1) is 12.1. The highest BCUT2D eigenvalue weighted by atomic mass is 16.5. The second-order valence-corrected chi connectivity index (χ2v) is 3.85. The fourth-order valence-corrected chi connectivity index (χ4v) is 1.23. The smallest absolute Gasteiger partial charge is 0.240 e. The van der Waals surface area contributed by atoms with E-state index >= 15 is 0 Å². The zero-order chi connectivity index (χ0) is 11.3. The molecule has 15 heavy (non-hydrogen) atoms. The van der Waals surface area contributed by atoms with Gasteiger partial charge in [0.2, 0.25) is 5.89 Å². The van der Waals surface area contributed by atoms with Gasteiger partial charge in [-0.2, -0.15) is 4.98 Å². The molecular weight excluding hydrogens is 192 g/mol. The predicted molar refractivity (Wildman–Crippen MR) is 58.3 cm³/mol. The molecular formula is C10H20N4O. The summed E-state index contributed by atoms with van der Waals surface area (Å²) in [6, 6.07) is 0.325. The van der Waals surface area contributed by atoms with Crippen LogP contribution in [0.3, 0.4) is 0 Å². The van der Waals surface area contributed by atoms with Crippen molar-refractivity contribution in [2.75, 3.05) is 13.6 Å². The molecule has 0 radical (unpaired) electrons. The Morgan fingerprint density at radius 2 is 2.27 bits per heavy atom. The van der Waals surface area contributed by atoms with E-state index in [1.54, 1.807) is 0 Å². The van der Waals surface area contributed by atoms with Crippen LogP contribution in [0.5, 0.6) is 0 Å². The lowest BCUT2D eigenvalue weighted by Gasteiger charge is -2.20. The van der Waals surface area contributed by atoms with Gasteiger partial charge in [-0.25, -0.2) is 0 Å². The third kappa shape index (κ3) is 3.60. The molecule has 5 nitrogen and oxygen atoms in total. The molecule has 86 valence electrons. The van der Waals surface area contributed by atoms with Crippen LogP contribution in [0.1, 0.15) is 32.0 Å². The molecule has 0 fully saturated rings. The van der Waals surface area contributed by atoms with Crippen LogP contribution in [-0.2, 0) is 13.0 Å². The van der Waals surface area contributed by atoms with Gasteiger partial charge in [0.25, 0.3) is 0 Å². The Kier molecular flexibility index (Phi) is 4.71. The highest BCUT2D eigenvalue weighted by Crippen LogP contribution is 2.05. The van der Waals surface area contributed by atoms with Crippen molar-refractivity contribution >= 4 is 0 Å². The molecule has 0 aliphatic heterocycles. The summed E-state index contributed by atoms with van der Waals surface area (Å²) in [6.07, 6.45) is 1.91. The van der Waals surface area contributed by atoms with Gasteiger partial charge in [0, 0.05) is 19.0 Å². The van der Waals surface area contributed by atoms with E-state index < -0.39 is 0 Å². The maximum Gasteiger partial charge on any atom is 0.240 e. The minimum Gasteiger partial charge on any atom is -0.338 e. The van der Waals surface area contributed by atoms with E-state index in [1.807, 2.05) is 7.05 Å². The number of likely N-dealkylation sites (N-methyl/N-ethyl adjacent to an activating group) is 1. The zero-order valence-electron chi connectivity index (χ0n) is 9.73. The van der Waals surface area contributed by atoms with Crippen LogP contribution >= 0.6 is 0 Å². The molecule has 1 atom stereocenters. The quantitative estimate of drug-likeness (QED) is 0.755. The molecule has 0 amide bonds. The maximum atomic E-state index is 5.57. The summed E-state index contributed by atoms with van der Waals surface area (Å²) in [5.74, 6) is 1.46. The Morgan fingerprint density at radius 1 is 1.53 bits per heavy atom. The normalized spacial score (nSPS) is 13.4. The molecule has 0 bridgehead atoms. The van der Waals surface area contributed by atoms with Crippen molar-refractivity contribution in [3.8, 4) is 0 Å². The summed E-state index contributed by atoms with van der Waals surface area (Å²) >= 11 is 0. The first-order valence-corrected chi connectivity index (χ1v) is 5.39. The molecule has 1 aromatic heterocycles. The van der Waals surface area contributed by atoms with E-state index in [2.05, 4.69) is 28.9 Å². The van der Waals surface area contributed by atoms with Crippen molar-refractivity contribution in [2.45, 2.75) is 39.3 Å². The van der Waals surface area contributed by atoms with Gasteiger partial charge in [-0.15, -0.1) is 0 Å². The second kappa shape index (κ2) is 5.82. The van der Waals surface area contributed by atoms with Gasteiger partial charge >= 0.3 is 0 Å². The van der Waals surface area contributed by atoms with E-state index in [-0.39, 0.29) is 0 Å². The van der Waals surface area contributed by atoms with Crippen LogP contribution in [0.15, 0.2) is 4.52 Å². The molecule has 0 saturated heterocycles. The van der Waals surface area contributed by atoms with Crippen molar-refractivity contribution in [3.05, 3.63) is 11.7 Å². The number of nitrogens with zero attached hydrogens (tertiary/aromatic N) is 3. The topological polar surface area (TPSA) is 68.2 Å². The molecule has 0 aromatic carbocycles. The minimum atomic E-state index is 0.325. The average molecular weight is 212 g/mol. The Labute approximate surface area is 90.6 Å². The molecule has 0 saturated carbocycles. The lowest BCUT2D eigenvalue weighted by Crippen LogP contribution is -2.34. The molecule has 5 heteroatoms. The Balaban J connectivity index is 2.49. The number of hydrogen-bond donors (Lipinski definition) is 1. The predicted octanol–water partition coefficient (Wildman–Crippen LogP) is 0.801. The van der Waals surface area contributed by atoms with Crippen LogP contribution < -0.4 is 5.73 Å². The van der Waals surface area contributed by atoms with Crippen molar-refractivity contribution in [2.24, 2.45) is 5.73 Å². The molecule has 0 spiro atoms. The fraction of sp³-hybridized carbons (Fsp3) is 0.800. The molecule has 1 heterocycles. The Morgan fingerprint density at radius 3 is 2.87 bits per heavy atom. The standard InChI is InChI=1S/C10H20N4O/c1-4-5-9-12-10(15-13-9)7-14(3)8(2)6-11/h8H,4-7,11H2,1-3H3. The molecule has 0 aliphatic carbocycles. The largest absolute Gasteiger partial charge is 0.338 e. The highest BCUT2D eigenvalue weighted by Gasteiger charge is 2.12. The Hall–Kier alpha value is -0.940. The molecule has 1 aromatic rings. The van der Waals surface area contributed by atoms with Crippen molar-refractivity contribution in [1.82, 2.24) is 15.0 Å². The second-order valence-electron chi connectivity index (χ2n) is 3.85. The summed E-state index contributed by atoms with van der Waals surface area (Å²) < 4.78 is 5.14. The molecule has 0 aliphatic rings. The van der Waals surface area contributed by atoms with E-state index in [9.17, 15) is 0 Å². The number of hydrogen-bond acceptors (Lipinski definition) is 5. The monoisotopic (exact) mass is 212 g/mol. The van der Waals surface area contributed by atoms with Crippen LogP contribution in [0, 0.1) is 0 Å². The van der Waals surface area contributed by atoms with E-state index in [0.29, 0.717) is 25.0 Å². The van der Waals surface area contributed by atoms with Crippen molar-refractivity contribution < 1.29 is 4.52 Å². The van der Waals surface area contributed by atoms with E-state index in [1.165, 1.54) is 0 Å². The van der Waals surface area contributed by atoms with Crippen LogP contribution in [0.4, 0.5) is 0 Å². The summed E-state index contributed by atoms with van der Waals surface area (Å²) in [7, 11) is 2.00. The number of aryl methyl sites for hydroxylation is 1. The fourth-order valence-electron chi connectivity index (χ4n) is 1.23. The first-order valence-electron chi connectivity index (χ1n) is 5.39. The summed E-state index contributed by atoms with van der Waals surface area (Å²) in [5, 5.41) is 3.90. The third-order valence-corrected chi connectivity index (χ3v) is 2.46. The van der Waals surface area contributed by atoms with Gasteiger partial charge < -0.3 is 10.3 Å². The average Bonchev–Trinajstić information content (AvgIpc) is 2.65. The van der Waals surface area contributed by atoms with Gasteiger partial charge in [-0.1, -0.05) is 12.1 Å². The molecule has 2 N–H and O–H groups in total.